The van der Waals surface area contributed by atoms with Crippen LogP contribution in [0.15, 0.2) is 52.0 Å². The Labute approximate surface area is 163 Å². The van der Waals surface area contributed by atoms with Crippen molar-refractivity contribution in [1.29, 1.82) is 0 Å². The van der Waals surface area contributed by atoms with Crippen molar-refractivity contribution < 1.29 is 27.1 Å². The fourth-order valence-electron chi connectivity index (χ4n) is 3.82. The van der Waals surface area contributed by atoms with Gasteiger partial charge in [0.1, 0.15) is 11.5 Å². The summed E-state index contributed by atoms with van der Waals surface area (Å²) in [4.78, 5) is 14.3. The molecule has 2 aromatic rings. The van der Waals surface area contributed by atoms with Gasteiger partial charge in [-0.3, -0.25) is 4.79 Å². The lowest BCUT2D eigenvalue weighted by Gasteiger charge is -2.42. The number of furan rings is 1. The Morgan fingerprint density at radius 2 is 1.82 bits per heavy atom. The minimum atomic E-state index is -3.72. The average molecular weight is 406 g/mol. The standard InChI is InChI=1S/C19H22N2O6S/c1-25-15-4-6-16(7-5-15)28(23,24)21-12-14-27-19(21)8-10-20(11-9-19)18(22)17-3-2-13-26-17/h2-7,13H,8-12,14H2,1H3. The lowest BCUT2D eigenvalue weighted by Crippen LogP contribution is -2.55. The molecule has 0 atom stereocenters. The zero-order valence-electron chi connectivity index (χ0n) is 15.5. The number of carbonyl (C=O) groups excluding carboxylic acids is 1. The number of amides is 1. The van der Waals surface area contributed by atoms with Gasteiger partial charge >= 0.3 is 0 Å². The molecule has 0 N–H and O–H groups in total. The number of nitrogens with zero attached hydrogens (tertiary/aromatic N) is 2. The van der Waals surface area contributed by atoms with E-state index in [1.807, 2.05) is 0 Å². The minimum absolute atomic E-state index is 0.192. The summed E-state index contributed by atoms with van der Waals surface area (Å²) in [5, 5.41) is 0. The van der Waals surface area contributed by atoms with E-state index in [-0.39, 0.29) is 16.6 Å². The molecule has 0 unspecified atom stereocenters. The van der Waals surface area contributed by atoms with E-state index in [0.29, 0.717) is 44.8 Å². The van der Waals surface area contributed by atoms with Crippen LogP contribution in [0.25, 0.3) is 0 Å². The van der Waals surface area contributed by atoms with Crippen LogP contribution < -0.4 is 4.74 Å². The molecule has 2 aliphatic heterocycles. The van der Waals surface area contributed by atoms with Crippen LogP contribution in [0.2, 0.25) is 0 Å². The number of carbonyl (C=O) groups is 1. The van der Waals surface area contributed by atoms with Gasteiger partial charge in [0.15, 0.2) is 5.76 Å². The van der Waals surface area contributed by atoms with Gasteiger partial charge < -0.3 is 18.8 Å². The summed E-state index contributed by atoms with van der Waals surface area (Å²) in [7, 11) is -2.19. The number of hydrogen-bond acceptors (Lipinski definition) is 6. The summed E-state index contributed by atoms with van der Waals surface area (Å²) in [6, 6.07) is 9.62. The van der Waals surface area contributed by atoms with E-state index in [0.717, 1.165) is 0 Å². The van der Waals surface area contributed by atoms with E-state index in [9.17, 15) is 13.2 Å². The fourth-order valence-corrected chi connectivity index (χ4v) is 5.54. The second-order valence-corrected chi connectivity index (χ2v) is 8.68. The number of benzene rings is 1. The van der Waals surface area contributed by atoms with Crippen LogP contribution in [0.5, 0.6) is 5.75 Å². The van der Waals surface area contributed by atoms with Gasteiger partial charge in [0.25, 0.3) is 5.91 Å². The topological polar surface area (TPSA) is 89.3 Å². The normalized spacial score (nSPS) is 19.8. The molecule has 2 fully saturated rings. The molecule has 0 aliphatic carbocycles. The van der Waals surface area contributed by atoms with Crippen molar-refractivity contribution >= 4 is 15.9 Å². The predicted molar refractivity (Wildman–Crippen MR) is 99.4 cm³/mol. The first kappa shape index (κ1) is 19.0. The number of rotatable bonds is 4. The molecule has 150 valence electrons. The Morgan fingerprint density at radius 1 is 1.11 bits per heavy atom. The molecular weight excluding hydrogens is 384 g/mol. The predicted octanol–water partition coefficient (Wildman–Crippen LogP) is 1.94. The molecule has 2 saturated heterocycles. The molecule has 0 saturated carbocycles. The molecule has 28 heavy (non-hydrogen) atoms. The summed E-state index contributed by atoms with van der Waals surface area (Å²) in [5.74, 6) is 0.685. The highest BCUT2D eigenvalue weighted by Gasteiger charge is 2.51. The van der Waals surface area contributed by atoms with Crippen LogP contribution in [-0.2, 0) is 14.8 Å². The number of hydrogen-bond donors (Lipinski definition) is 0. The number of methoxy groups -OCH3 is 1. The van der Waals surface area contributed by atoms with Crippen LogP contribution in [0.4, 0.5) is 0 Å². The van der Waals surface area contributed by atoms with Crippen LogP contribution in [0, 0.1) is 0 Å². The van der Waals surface area contributed by atoms with Crippen LogP contribution in [0.3, 0.4) is 0 Å². The van der Waals surface area contributed by atoms with Crippen molar-refractivity contribution in [2.45, 2.75) is 23.5 Å². The first-order chi connectivity index (χ1) is 13.5. The average Bonchev–Trinajstić information content (AvgIpc) is 3.39. The molecule has 1 amide bonds. The van der Waals surface area contributed by atoms with Gasteiger partial charge in [0, 0.05) is 32.5 Å². The third-order valence-electron chi connectivity index (χ3n) is 5.33. The van der Waals surface area contributed by atoms with Crippen LogP contribution in [-0.4, -0.2) is 62.6 Å². The molecular formula is C19H22N2O6S. The van der Waals surface area contributed by atoms with Gasteiger partial charge in [0.05, 0.1) is 24.9 Å². The molecule has 4 rings (SSSR count). The molecule has 1 aromatic heterocycles. The molecule has 3 heterocycles. The Kier molecular flexibility index (Phi) is 4.90. The maximum atomic E-state index is 13.2. The Morgan fingerprint density at radius 3 is 2.43 bits per heavy atom. The SMILES string of the molecule is COc1ccc(S(=O)(=O)N2CCOC23CCN(C(=O)c2ccco2)CC3)cc1. The molecule has 8 nitrogen and oxygen atoms in total. The number of sulfonamides is 1. The van der Waals surface area contributed by atoms with Crippen molar-refractivity contribution in [3.05, 3.63) is 48.4 Å². The highest BCUT2D eigenvalue weighted by molar-refractivity contribution is 7.89. The smallest absolute Gasteiger partial charge is 0.289 e. The van der Waals surface area contributed by atoms with E-state index in [4.69, 9.17) is 13.9 Å². The van der Waals surface area contributed by atoms with Gasteiger partial charge in [0.2, 0.25) is 10.0 Å². The lowest BCUT2D eigenvalue weighted by molar-refractivity contribution is -0.0859. The van der Waals surface area contributed by atoms with E-state index < -0.39 is 15.7 Å². The van der Waals surface area contributed by atoms with Gasteiger partial charge in [-0.2, -0.15) is 4.31 Å². The zero-order valence-corrected chi connectivity index (χ0v) is 16.4. The minimum Gasteiger partial charge on any atom is -0.497 e. The maximum absolute atomic E-state index is 13.2. The van der Waals surface area contributed by atoms with Crippen molar-refractivity contribution in [2.75, 3.05) is 33.4 Å². The lowest BCUT2D eigenvalue weighted by atomic mass is 10.0. The summed E-state index contributed by atoms with van der Waals surface area (Å²) in [6.07, 6.45) is 2.28. The zero-order chi connectivity index (χ0) is 19.8. The third-order valence-corrected chi connectivity index (χ3v) is 7.29. The van der Waals surface area contributed by atoms with Crippen LogP contribution in [0.1, 0.15) is 23.4 Å². The summed E-state index contributed by atoms with van der Waals surface area (Å²) < 4.78 is 44.1. The highest BCUT2D eigenvalue weighted by Crippen LogP contribution is 2.38. The van der Waals surface area contributed by atoms with Crippen molar-refractivity contribution in [3.8, 4) is 5.75 Å². The molecule has 1 spiro atoms. The third kappa shape index (κ3) is 3.19. The van der Waals surface area contributed by atoms with E-state index in [1.54, 1.807) is 29.2 Å². The number of ether oxygens (including phenoxy) is 2. The monoisotopic (exact) mass is 406 g/mol. The summed E-state index contributed by atoms with van der Waals surface area (Å²) >= 11 is 0. The van der Waals surface area contributed by atoms with Gasteiger partial charge in [-0.1, -0.05) is 0 Å². The second kappa shape index (κ2) is 7.23. The Hall–Kier alpha value is -2.36. The summed E-state index contributed by atoms with van der Waals surface area (Å²) in [6.45, 7) is 1.42. The van der Waals surface area contributed by atoms with E-state index in [1.165, 1.54) is 29.8 Å². The molecule has 0 bridgehead atoms. The first-order valence-corrected chi connectivity index (χ1v) is 10.5. The maximum Gasteiger partial charge on any atom is 0.289 e. The van der Waals surface area contributed by atoms with Crippen molar-refractivity contribution in [3.63, 3.8) is 0 Å². The molecule has 0 radical (unpaired) electrons. The van der Waals surface area contributed by atoms with E-state index >= 15 is 0 Å². The molecule has 9 heteroatoms. The summed E-state index contributed by atoms with van der Waals surface area (Å²) in [5.41, 5.74) is -0.918. The quantitative estimate of drug-likeness (QED) is 0.771. The largest absolute Gasteiger partial charge is 0.497 e. The number of likely N-dealkylation sites (tertiary alicyclic amines) is 1. The first-order valence-electron chi connectivity index (χ1n) is 9.10. The Bertz CT molecular complexity index is 931. The fraction of sp³-hybridized carbons (Fsp3) is 0.421. The molecule has 1 aromatic carbocycles. The van der Waals surface area contributed by atoms with Gasteiger partial charge in [-0.05, 0) is 36.4 Å². The Balaban J connectivity index is 1.52. The van der Waals surface area contributed by atoms with Crippen molar-refractivity contribution in [1.82, 2.24) is 9.21 Å². The van der Waals surface area contributed by atoms with Gasteiger partial charge in [-0.15, -0.1) is 0 Å². The van der Waals surface area contributed by atoms with Gasteiger partial charge in [-0.25, -0.2) is 8.42 Å². The molecule has 2 aliphatic rings. The second-order valence-electron chi connectivity index (χ2n) is 6.82. The van der Waals surface area contributed by atoms with Crippen molar-refractivity contribution in [2.24, 2.45) is 0 Å². The number of piperidine rings is 1. The van der Waals surface area contributed by atoms with Crippen LogP contribution >= 0.6 is 0 Å². The van der Waals surface area contributed by atoms with E-state index in [2.05, 4.69) is 0 Å². The highest BCUT2D eigenvalue weighted by atomic mass is 32.2.